The van der Waals surface area contributed by atoms with Crippen molar-refractivity contribution in [1.82, 2.24) is 0 Å². The first kappa shape index (κ1) is 13.8. The molecule has 0 bridgehead atoms. The predicted octanol–water partition coefficient (Wildman–Crippen LogP) is 4.84. The lowest BCUT2D eigenvalue weighted by atomic mass is 9.96. The van der Waals surface area contributed by atoms with Crippen molar-refractivity contribution in [2.75, 3.05) is 0 Å². The molecule has 1 aromatic heterocycles. The van der Waals surface area contributed by atoms with Crippen LogP contribution in [-0.2, 0) is 6.54 Å². The van der Waals surface area contributed by atoms with Crippen molar-refractivity contribution in [3.63, 3.8) is 0 Å². The zero-order chi connectivity index (χ0) is 14.9. The Morgan fingerprint density at radius 3 is 2.10 bits per heavy atom. The van der Waals surface area contributed by atoms with Gasteiger partial charge in [-0.3, -0.25) is 0 Å². The molecule has 21 heavy (non-hydrogen) atoms. The molecule has 0 amide bonds. The Bertz CT molecular complexity index is 749. The molecule has 0 fully saturated rings. The third-order valence-electron chi connectivity index (χ3n) is 3.63. The quantitative estimate of drug-likeness (QED) is 0.590. The average molecular weight is 276 g/mol. The van der Waals surface area contributed by atoms with Crippen molar-refractivity contribution in [3.8, 4) is 11.1 Å². The molecule has 2 aromatic carbocycles. The summed E-state index contributed by atoms with van der Waals surface area (Å²) < 4.78 is 2.25. The van der Waals surface area contributed by atoms with Crippen molar-refractivity contribution in [2.24, 2.45) is 5.41 Å². The zero-order valence-electron chi connectivity index (χ0n) is 13.0. The van der Waals surface area contributed by atoms with Gasteiger partial charge in [-0.25, -0.2) is 4.57 Å². The Balaban J connectivity index is 1.91. The van der Waals surface area contributed by atoms with Crippen LogP contribution in [0.4, 0.5) is 0 Å². The summed E-state index contributed by atoms with van der Waals surface area (Å²) in [6.07, 6.45) is 4.35. The fraction of sp³-hybridized carbons (Fsp3) is 0.250. The minimum absolute atomic E-state index is 0.301. The van der Waals surface area contributed by atoms with Crippen molar-refractivity contribution in [2.45, 2.75) is 27.3 Å². The molecular weight excluding hydrogens is 254 g/mol. The summed E-state index contributed by atoms with van der Waals surface area (Å²) in [7, 11) is 0. The SMILES string of the molecule is CC(C)(C)C[n+]1ccc(-c2ccc3ccccc3c2)cc1. The van der Waals surface area contributed by atoms with E-state index in [-0.39, 0.29) is 0 Å². The van der Waals surface area contributed by atoms with Crippen LogP contribution in [0.5, 0.6) is 0 Å². The van der Waals surface area contributed by atoms with Crippen LogP contribution in [0.3, 0.4) is 0 Å². The normalized spacial score (nSPS) is 11.8. The van der Waals surface area contributed by atoms with Crippen molar-refractivity contribution in [1.29, 1.82) is 0 Å². The molecule has 1 heteroatoms. The van der Waals surface area contributed by atoms with E-state index in [0.717, 1.165) is 6.54 Å². The lowest BCUT2D eigenvalue weighted by Crippen LogP contribution is -2.39. The summed E-state index contributed by atoms with van der Waals surface area (Å²) in [5.41, 5.74) is 2.84. The lowest BCUT2D eigenvalue weighted by Gasteiger charge is -2.13. The van der Waals surface area contributed by atoms with Crippen LogP contribution in [0.2, 0.25) is 0 Å². The number of pyridine rings is 1. The largest absolute Gasteiger partial charge is 0.205 e. The molecule has 0 radical (unpaired) electrons. The first-order valence-corrected chi connectivity index (χ1v) is 7.50. The highest BCUT2D eigenvalue weighted by Crippen LogP contribution is 2.23. The van der Waals surface area contributed by atoms with E-state index in [9.17, 15) is 0 Å². The van der Waals surface area contributed by atoms with E-state index in [4.69, 9.17) is 0 Å². The summed E-state index contributed by atoms with van der Waals surface area (Å²) in [5, 5.41) is 2.58. The van der Waals surface area contributed by atoms with Gasteiger partial charge in [0.1, 0.15) is 0 Å². The molecule has 1 heterocycles. The van der Waals surface area contributed by atoms with E-state index in [2.05, 4.69) is 92.3 Å². The van der Waals surface area contributed by atoms with Gasteiger partial charge in [-0.2, -0.15) is 0 Å². The van der Waals surface area contributed by atoms with Gasteiger partial charge in [0.2, 0.25) is 0 Å². The Morgan fingerprint density at radius 1 is 0.762 bits per heavy atom. The Morgan fingerprint density at radius 2 is 1.43 bits per heavy atom. The first-order chi connectivity index (χ1) is 10.0. The second kappa shape index (κ2) is 5.33. The van der Waals surface area contributed by atoms with E-state index in [1.54, 1.807) is 0 Å². The highest BCUT2D eigenvalue weighted by Gasteiger charge is 2.16. The van der Waals surface area contributed by atoms with Gasteiger partial charge in [0.25, 0.3) is 0 Å². The van der Waals surface area contributed by atoms with Gasteiger partial charge in [0.05, 0.1) is 0 Å². The van der Waals surface area contributed by atoms with Crippen molar-refractivity contribution < 1.29 is 4.57 Å². The molecule has 0 aliphatic heterocycles. The Hall–Kier alpha value is -2.15. The summed E-state index contributed by atoms with van der Waals surface area (Å²) >= 11 is 0. The number of benzene rings is 2. The first-order valence-electron chi connectivity index (χ1n) is 7.50. The minimum atomic E-state index is 0.301. The molecule has 0 atom stereocenters. The fourth-order valence-corrected chi connectivity index (χ4v) is 2.67. The van der Waals surface area contributed by atoms with Gasteiger partial charge in [0, 0.05) is 17.5 Å². The van der Waals surface area contributed by atoms with Crippen LogP contribution in [0.25, 0.3) is 21.9 Å². The van der Waals surface area contributed by atoms with Crippen LogP contribution in [-0.4, -0.2) is 0 Å². The molecule has 3 rings (SSSR count). The highest BCUT2D eigenvalue weighted by molar-refractivity contribution is 5.87. The van der Waals surface area contributed by atoms with E-state index in [1.165, 1.54) is 21.9 Å². The number of rotatable bonds is 2. The lowest BCUT2D eigenvalue weighted by molar-refractivity contribution is -0.708. The topological polar surface area (TPSA) is 3.88 Å². The third kappa shape index (κ3) is 3.30. The minimum Gasteiger partial charge on any atom is -0.205 e. The average Bonchev–Trinajstić information content (AvgIpc) is 2.46. The van der Waals surface area contributed by atoms with Gasteiger partial charge >= 0.3 is 0 Å². The summed E-state index contributed by atoms with van der Waals surface area (Å²) in [5.74, 6) is 0. The van der Waals surface area contributed by atoms with Crippen molar-refractivity contribution in [3.05, 3.63) is 67.0 Å². The molecule has 106 valence electrons. The number of hydrogen-bond acceptors (Lipinski definition) is 0. The molecule has 0 saturated heterocycles. The number of nitrogens with zero attached hydrogens (tertiary/aromatic N) is 1. The second-order valence-corrected chi connectivity index (χ2v) is 6.88. The third-order valence-corrected chi connectivity index (χ3v) is 3.63. The molecule has 0 saturated carbocycles. The van der Waals surface area contributed by atoms with Gasteiger partial charge in [0.15, 0.2) is 18.9 Å². The molecule has 0 unspecified atom stereocenters. The van der Waals surface area contributed by atoms with Gasteiger partial charge in [-0.1, -0.05) is 57.2 Å². The summed E-state index contributed by atoms with van der Waals surface area (Å²) in [6, 6.07) is 19.6. The maximum atomic E-state index is 2.26. The number of hydrogen-bond donors (Lipinski definition) is 0. The molecular formula is C20H22N+. The van der Waals surface area contributed by atoms with Crippen LogP contribution in [0.15, 0.2) is 67.0 Å². The van der Waals surface area contributed by atoms with Crippen LogP contribution in [0.1, 0.15) is 20.8 Å². The van der Waals surface area contributed by atoms with Crippen LogP contribution in [0, 0.1) is 5.41 Å². The van der Waals surface area contributed by atoms with Crippen LogP contribution >= 0.6 is 0 Å². The maximum Gasteiger partial charge on any atom is 0.169 e. The summed E-state index contributed by atoms with van der Waals surface area (Å²) in [6.45, 7) is 7.82. The van der Waals surface area contributed by atoms with E-state index in [0.29, 0.717) is 5.41 Å². The summed E-state index contributed by atoms with van der Waals surface area (Å²) in [4.78, 5) is 0. The van der Waals surface area contributed by atoms with Gasteiger partial charge < -0.3 is 0 Å². The Labute approximate surface area is 126 Å². The zero-order valence-corrected chi connectivity index (χ0v) is 13.0. The Kier molecular flexibility index (Phi) is 3.50. The van der Waals surface area contributed by atoms with E-state index >= 15 is 0 Å². The molecule has 0 aliphatic rings. The molecule has 0 spiro atoms. The van der Waals surface area contributed by atoms with Crippen molar-refractivity contribution >= 4 is 10.8 Å². The maximum absolute atomic E-state index is 2.26. The second-order valence-electron chi connectivity index (χ2n) is 6.88. The predicted molar refractivity (Wildman–Crippen MR) is 89.0 cm³/mol. The number of aromatic nitrogens is 1. The molecule has 0 aliphatic carbocycles. The fourth-order valence-electron chi connectivity index (χ4n) is 2.67. The standard InChI is InChI=1S/C20H22N/c1-20(2,3)15-21-12-10-17(11-13-21)19-9-8-16-6-4-5-7-18(16)14-19/h4-14H,15H2,1-3H3/q+1. The van der Waals surface area contributed by atoms with Gasteiger partial charge in [-0.05, 0) is 28.0 Å². The monoisotopic (exact) mass is 276 g/mol. The number of fused-ring (bicyclic) bond motifs is 1. The van der Waals surface area contributed by atoms with Gasteiger partial charge in [-0.15, -0.1) is 0 Å². The molecule has 3 aromatic rings. The molecule has 1 nitrogen and oxygen atoms in total. The van der Waals surface area contributed by atoms with E-state index < -0.39 is 0 Å². The van der Waals surface area contributed by atoms with Crippen LogP contribution < -0.4 is 4.57 Å². The van der Waals surface area contributed by atoms with E-state index in [1.807, 2.05) is 0 Å². The smallest absolute Gasteiger partial charge is 0.169 e. The highest BCUT2D eigenvalue weighted by atomic mass is 14.9. The molecule has 0 N–H and O–H groups in total.